The molecule has 1 unspecified atom stereocenters. The SMILES string of the molecule is CCCCCCCCC(O)/C=C/CCCCCCC(=O)O. The van der Waals surface area contributed by atoms with Crippen LogP contribution in [0.5, 0.6) is 0 Å². The molecule has 124 valence electrons. The number of hydrogen-bond acceptors (Lipinski definition) is 2. The van der Waals surface area contributed by atoms with E-state index in [0.29, 0.717) is 0 Å². The molecule has 0 aliphatic heterocycles. The number of rotatable bonds is 15. The molecule has 0 aromatic carbocycles. The fourth-order valence-corrected chi connectivity index (χ4v) is 2.38. The molecule has 21 heavy (non-hydrogen) atoms. The van der Waals surface area contributed by atoms with E-state index in [1.807, 2.05) is 6.08 Å². The number of carbonyl (C=O) groups is 1. The molecule has 0 aromatic heterocycles. The Kier molecular flexibility index (Phi) is 14.9. The molecule has 0 rings (SSSR count). The standard InChI is InChI=1S/C18H34O3/c1-2-3-4-5-8-11-14-17(19)15-12-9-6-7-10-13-16-18(20)21/h12,15,17,19H,2-11,13-14,16H2,1H3,(H,20,21)/b15-12+. The fraction of sp³-hybridized carbons (Fsp3) is 0.833. The number of aliphatic carboxylic acids is 1. The van der Waals surface area contributed by atoms with Gasteiger partial charge in [-0.3, -0.25) is 4.79 Å². The van der Waals surface area contributed by atoms with Gasteiger partial charge in [0.2, 0.25) is 0 Å². The van der Waals surface area contributed by atoms with Gasteiger partial charge in [-0.05, 0) is 25.7 Å². The highest BCUT2D eigenvalue weighted by Crippen LogP contribution is 2.10. The third kappa shape index (κ3) is 17.1. The zero-order valence-corrected chi connectivity index (χ0v) is 13.7. The van der Waals surface area contributed by atoms with Gasteiger partial charge in [0.25, 0.3) is 0 Å². The van der Waals surface area contributed by atoms with Gasteiger partial charge in [0, 0.05) is 6.42 Å². The van der Waals surface area contributed by atoms with Crippen molar-refractivity contribution in [3.63, 3.8) is 0 Å². The summed E-state index contributed by atoms with van der Waals surface area (Å²) in [5.74, 6) is -0.701. The number of carboxylic acids is 1. The Morgan fingerprint density at radius 2 is 1.57 bits per heavy atom. The van der Waals surface area contributed by atoms with E-state index < -0.39 is 5.97 Å². The molecule has 0 aliphatic rings. The lowest BCUT2D eigenvalue weighted by molar-refractivity contribution is -0.137. The van der Waals surface area contributed by atoms with Gasteiger partial charge in [0.15, 0.2) is 0 Å². The average molecular weight is 298 g/mol. The zero-order valence-electron chi connectivity index (χ0n) is 13.7. The molecule has 3 nitrogen and oxygen atoms in total. The van der Waals surface area contributed by atoms with Crippen LogP contribution in [0.4, 0.5) is 0 Å². The van der Waals surface area contributed by atoms with Gasteiger partial charge in [-0.15, -0.1) is 0 Å². The van der Waals surface area contributed by atoms with Gasteiger partial charge in [-0.1, -0.05) is 70.4 Å². The molecule has 0 heterocycles. The third-order valence-corrected chi connectivity index (χ3v) is 3.72. The number of carboxylic acid groups (broad SMARTS) is 1. The predicted octanol–water partition coefficient (Wildman–Crippen LogP) is 5.08. The summed E-state index contributed by atoms with van der Waals surface area (Å²) >= 11 is 0. The van der Waals surface area contributed by atoms with E-state index in [-0.39, 0.29) is 12.5 Å². The largest absolute Gasteiger partial charge is 0.481 e. The summed E-state index contributed by atoms with van der Waals surface area (Å²) < 4.78 is 0. The first-order valence-electron chi connectivity index (χ1n) is 8.73. The van der Waals surface area contributed by atoms with Crippen molar-refractivity contribution in [1.82, 2.24) is 0 Å². The normalized spacial score (nSPS) is 12.9. The molecule has 3 heteroatoms. The zero-order chi connectivity index (χ0) is 15.8. The van der Waals surface area contributed by atoms with E-state index in [1.54, 1.807) is 0 Å². The Morgan fingerprint density at radius 3 is 2.29 bits per heavy atom. The molecule has 0 aromatic rings. The minimum atomic E-state index is -0.701. The number of allylic oxidation sites excluding steroid dienone is 1. The van der Waals surface area contributed by atoms with E-state index in [2.05, 4.69) is 13.0 Å². The van der Waals surface area contributed by atoms with Gasteiger partial charge >= 0.3 is 5.97 Å². The first-order chi connectivity index (χ1) is 10.2. The Labute approximate surface area is 130 Å². The Bertz CT molecular complexity index is 261. The van der Waals surface area contributed by atoms with Crippen LogP contribution in [-0.4, -0.2) is 22.3 Å². The summed E-state index contributed by atoms with van der Waals surface area (Å²) in [7, 11) is 0. The van der Waals surface area contributed by atoms with Crippen molar-refractivity contribution < 1.29 is 15.0 Å². The van der Waals surface area contributed by atoms with Crippen molar-refractivity contribution in [1.29, 1.82) is 0 Å². The van der Waals surface area contributed by atoms with Gasteiger partial charge < -0.3 is 10.2 Å². The second-order valence-electron chi connectivity index (χ2n) is 5.90. The predicted molar refractivity (Wildman–Crippen MR) is 88.5 cm³/mol. The van der Waals surface area contributed by atoms with E-state index >= 15 is 0 Å². The van der Waals surface area contributed by atoms with Crippen LogP contribution in [0.2, 0.25) is 0 Å². The first-order valence-corrected chi connectivity index (χ1v) is 8.73. The van der Waals surface area contributed by atoms with Crippen molar-refractivity contribution in [2.24, 2.45) is 0 Å². The Hall–Kier alpha value is -0.830. The molecule has 0 aliphatic carbocycles. The van der Waals surface area contributed by atoms with Gasteiger partial charge in [-0.25, -0.2) is 0 Å². The van der Waals surface area contributed by atoms with Crippen LogP contribution in [0.25, 0.3) is 0 Å². The lowest BCUT2D eigenvalue weighted by Gasteiger charge is -2.05. The maximum atomic E-state index is 10.3. The van der Waals surface area contributed by atoms with Crippen molar-refractivity contribution in [2.75, 3.05) is 0 Å². The third-order valence-electron chi connectivity index (χ3n) is 3.72. The second kappa shape index (κ2) is 15.6. The van der Waals surface area contributed by atoms with Crippen molar-refractivity contribution in [3.8, 4) is 0 Å². The molecule has 0 radical (unpaired) electrons. The molecule has 0 saturated carbocycles. The van der Waals surface area contributed by atoms with Crippen LogP contribution < -0.4 is 0 Å². The first kappa shape index (κ1) is 20.2. The molecule has 0 fully saturated rings. The summed E-state index contributed by atoms with van der Waals surface area (Å²) in [6, 6.07) is 0. The Morgan fingerprint density at radius 1 is 0.952 bits per heavy atom. The molecule has 1 atom stereocenters. The van der Waals surface area contributed by atoms with E-state index in [1.165, 1.54) is 32.1 Å². The fourth-order valence-electron chi connectivity index (χ4n) is 2.38. The highest BCUT2D eigenvalue weighted by Gasteiger charge is 1.99. The molecule has 0 spiro atoms. The topological polar surface area (TPSA) is 57.5 Å². The van der Waals surface area contributed by atoms with E-state index in [0.717, 1.165) is 44.9 Å². The Balaban J connectivity index is 3.29. The molecular weight excluding hydrogens is 264 g/mol. The minimum Gasteiger partial charge on any atom is -0.481 e. The summed E-state index contributed by atoms with van der Waals surface area (Å²) in [5.41, 5.74) is 0. The summed E-state index contributed by atoms with van der Waals surface area (Å²) in [4.78, 5) is 10.3. The highest BCUT2D eigenvalue weighted by atomic mass is 16.4. The van der Waals surface area contributed by atoms with Gasteiger partial charge in [-0.2, -0.15) is 0 Å². The maximum absolute atomic E-state index is 10.3. The molecule has 0 saturated heterocycles. The summed E-state index contributed by atoms with van der Waals surface area (Å²) in [6.07, 6.45) is 17.3. The summed E-state index contributed by atoms with van der Waals surface area (Å²) in [5, 5.41) is 18.3. The smallest absolute Gasteiger partial charge is 0.303 e. The average Bonchev–Trinajstić information content (AvgIpc) is 2.45. The number of unbranched alkanes of at least 4 members (excludes halogenated alkanes) is 9. The molecule has 0 amide bonds. The van der Waals surface area contributed by atoms with Crippen LogP contribution >= 0.6 is 0 Å². The van der Waals surface area contributed by atoms with Crippen molar-refractivity contribution >= 4 is 5.97 Å². The highest BCUT2D eigenvalue weighted by molar-refractivity contribution is 5.66. The molecule has 0 bridgehead atoms. The summed E-state index contributed by atoms with van der Waals surface area (Å²) in [6.45, 7) is 2.22. The number of aliphatic hydroxyl groups excluding tert-OH is 1. The molecular formula is C18H34O3. The van der Waals surface area contributed by atoms with Crippen LogP contribution in [0.15, 0.2) is 12.2 Å². The second-order valence-corrected chi connectivity index (χ2v) is 5.90. The minimum absolute atomic E-state index is 0.285. The van der Waals surface area contributed by atoms with Crippen LogP contribution in [0.1, 0.15) is 90.4 Å². The van der Waals surface area contributed by atoms with Crippen LogP contribution in [0.3, 0.4) is 0 Å². The van der Waals surface area contributed by atoms with Crippen LogP contribution in [-0.2, 0) is 4.79 Å². The van der Waals surface area contributed by atoms with Crippen molar-refractivity contribution in [3.05, 3.63) is 12.2 Å². The van der Waals surface area contributed by atoms with E-state index in [9.17, 15) is 9.90 Å². The van der Waals surface area contributed by atoms with E-state index in [4.69, 9.17) is 5.11 Å². The maximum Gasteiger partial charge on any atom is 0.303 e. The van der Waals surface area contributed by atoms with Gasteiger partial charge in [0.05, 0.1) is 6.10 Å². The number of aliphatic hydroxyl groups is 1. The lowest BCUT2D eigenvalue weighted by atomic mass is 10.1. The molecule has 2 N–H and O–H groups in total. The van der Waals surface area contributed by atoms with Crippen LogP contribution in [0, 0.1) is 0 Å². The number of hydrogen-bond donors (Lipinski definition) is 2. The monoisotopic (exact) mass is 298 g/mol. The lowest BCUT2D eigenvalue weighted by Crippen LogP contribution is -2.01. The quantitative estimate of drug-likeness (QED) is 0.327. The van der Waals surface area contributed by atoms with Gasteiger partial charge in [0.1, 0.15) is 0 Å². The van der Waals surface area contributed by atoms with Crippen molar-refractivity contribution in [2.45, 2.75) is 96.5 Å².